The predicted molar refractivity (Wildman–Crippen MR) is 82.1 cm³/mol. The van der Waals surface area contributed by atoms with E-state index in [4.69, 9.17) is 5.14 Å². The van der Waals surface area contributed by atoms with Gasteiger partial charge in [-0.05, 0) is 42.0 Å². The van der Waals surface area contributed by atoms with Gasteiger partial charge in [-0.2, -0.15) is 0 Å². The Morgan fingerprint density at radius 2 is 1.60 bits per heavy atom. The van der Waals surface area contributed by atoms with Crippen LogP contribution in [0.25, 0.3) is 0 Å². The van der Waals surface area contributed by atoms with Crippen molar-refractivity contribution in [1.29, 1.82) is 0 Å². The number of carbonyl (C=O) groups is 1. The highest BCUT2D eigenvalue weighted by molar-refractivity contribution is 7.89. The van der Waals surface area contributed by atoms with E-state index in [1.165, 1.54) is 36.4 Å². The number of amides is 1. The topological polar surface area (TPSA) is 98.5 Å². The van der Waals surface area contributed by atoms with Gasteiger partial charge in [-0.25, -0.2) is 13.6 Å². The number of hydrogen-bond donors (Lipinski definition) is 2. The average molecular weight is 374 g/mol. The maximum Gasteiger partial charge on any atom is 0.573 e. The quantitative estimate of drug-likeness (QED) is 0.838. The van der Waals surface area contributed by atoms with Gasteiger partial charge in [0.15, 0.2) is 0 Å². The fraction of sp³-hybridized carbons (Fsp3) is 0.133. The minimum atomic E-state index is -4.76. The molecule has 1 amide bonds. The van der Waals surface area contributed by atoms with E-state index in [1.807, 2.05) is 0 Å². The predicted octanol–water partition coefficient (Wildman–Crippen LogP) is 2.16. The maximum absolute atomic E-state index is 12.1. The Morgan fingerprint density at radius 3 is 2.08 bits per heavy atom. The molecule has 25 heavy (non-hydrogen) atoms. The molecule has 0 radical (unpaired) electrons. The zero-order valence-corrected chi connectivity index (χ0v) is 13.4. The number of nitrogens with one attached hydrogen (secondary N) is 1. The summed E-state index contributed by atoms with van der Waals surface area (Å²) in [6.45, 7) is 0.0715. The van der Waals surface area contributed by atoms with E-state index in [2.05, 4.69) is 10.1 Å². The third-order valence-corrected chi connectivity index (χ3v) is 3.98. The van der Waals surface area contributed by atoms with Gasteiger partial charge in [0.05, 0.1) is 4.90 Å². The van der Waals surface area contributed by atoms with Crippen molar-refractivity contribution >= 4 is 15.9 Å². The van der Waals surface area contributed by atoms with Crippen LogP contribution in [-0.4, -0.2) is 20.7 Å². The minimum Gasteiger partial charge on any atom is -0.406 e. The van der Waals surface area contributed by atoms with Gasteiger partial charge in [-0.3, -0.25) is 4.79 Å². The van der Waals surface area contributed by atoms with Crippen LogP contribution in [0.2, 0.25) is 0 Å². The lowest BCUT2D eigenvalue weighted by Crippen LogP contribution is -2.23. The van der Waals surface area contributed by atoms with Crippen molar-refractivity contribution in [2.45, 2.75) is 17.8 Å². The Bertz CT molecular complexity index is 848. The molecule has 3 N–H and O–H groups in total. The molecule has 2 aromatic carbocycles. The summed E-state index contributed by atoms with van der Waals surface area (Å²) in [5.41, 5.74) is 0.772. The van der Waals surface area contributed by atoms with Crippen molar-refractivity contribution in [3.05, 3.63) is 59.7 Å². The summed E-state index contributed by atoms with van der Waals surface area (Å²) in [5.74, 6) is -0.835. The third kappa shape index (κ3) is 5.76. The first-order chi connectivity index (χ1) is 11.5. The summed E-state index contributed by atoms with van der Waals surface area (Å²) in [6, 6.07) is 10.0. The standard InChI is InChI=1S/C15H13F3N2O4S/c16-15(17,18)24-12-5-1-10(2-6-12)9-20-14(21)11-3-7-13(8-4-11)25(19,22)23/h1-8H,9H2,(H,20,21)(H2,19,22,23). The van der Waals surface area contributed by atoms with Gasteiger partial charge in [-0.1, -0.05) is 12.1 Å². The molecule has 0 bridgehead atoms. The molecule has 10 heteroatoms. The van der Waals surface area contributed by atoms with E-state index in [-0.39, 0.29) is 22.8 Å². The van der Waals surface area contributed by atoms with Crippen LogP contribution < -0.4 is 15.2 Å². The number of primary sulfonamides is 1. The number of halogens is 3. The van der Waals surface area contributed by atoms with Crippen LogP contribution in [0.4, 0.5) is 13.2 Å². The number of carbonyl (C=O) groups excluding carboxylic acids is 1. The van der Waals surface area contributed by atoms with Crippen molar-refractivity contribution in [2.24, 2.45) is 5.14 Å². The molecule has 0 heterocycles. The summed E-state index contributed by atoms with van der Waals surface area (Å²) in [7, 11) is -3.84. The lowest BCUT2D eigenvalue weighted by Gasteiger charge is -2.10. The lowest BCUT2D eigenvalue weighted by molar-refractivity contribution is -0.274. The van der Waals surface area contributed by atoms with Gasteiger partial charge >= 0.3 is 6.36 Å². The molecule has 0 aliphatic rings. The SMILES string of the molecule is NS(=O)(=O)c1ccc(C(=O)NCc2ccc(OC(F)(F)F)cc2)cc1. The van der Waals surface area contributed by atoms with Crippen molar-refractivity contribution in [3.8, 4) is 5.75 Å². The second-order valence-corrected chi connectivity index (χ2v) is 6.51. The normalized spacial score (nSPS) is 11.8. The third-order valence-electron chi connectivity index (χ3n) is 3.06. The Kier molecular flexibility index (Phi) is 5.33. The first kappa shape index (κ1) is 18.7. The van der Waals surface area contributed by atoms with Gasteiger partial charge in [0.2, 0.25) is 10.0 Å². The van der Waals surface area contributed by atoms with Crippen LogP contribution in [0.15, 0.2) is 53.4 Å². The van der Waals surface area contributed by atoms with Crippen molar-refractivity contribution in [1.82, 2.24) is 5.32 Å². The molecule has 134 valence electrons. The number of ether oxygens (including phenoxy) is 1. The molecule has 0 fully saturated rings. The van der Waals surface area contributed by atoms with Crippen LogP contribution in [0.3, 0.4) is 0 Å². The number of sulfonamides is 1. The second-order valence-electron chi connectivity index (χ2n) is 4.94. The molecular formula is C15H13F3N2O4S. The molecular weight excluding hydrogens is 361 g/mol. The molecule has 0 spiro atoms. The Hall–Kier alpha value is -2.59. The first-order valence-electron chi connectivity index (χ1n) is 6.80. The van der Waals surface area contributed by atoms with Crippen LogP contribution >= 0.6 is 0 Å². The largest absolute Gasteiger partial charge is 0.573 e. The fourth-order valence-electron chi connectivity index (χ4n) is 1.89. The molecule has 2 aromatic rings. The van der Waals surface area contributed by atoms with E-state index in [9.17, 15) is 26.4 Å². The van der Waals surface area contributed by atoms with E-state index in [0.717, 1.165) is 12.1 Å². The number of nitrogens with two attached hydrogens (primary N) is 1. The molecule has 0 aliphatic carbocycles. The monoisotopic (exact) mass is 374 g/mol. The molecule has 0 aromatic heterocycles. The van der Waals surface area contributed by atoms with Crippen LogP contribution in [-0.2, 0) is 16.6 Å². The molecule has 0 aliphatic heterocycles. The Morgan fingerprint density at radius 1 is 1.04 bits per heavy atom. The number of rotatable bonds is 5. The first-order valence-corrected chi connectivity index (χ1v) is 8.35. The molecule has 6 nitrogen and oxygen atoms in total. The smallest absolute Gasteiger partial charge is 0.406 e. The fourth-order valence-corrected chi connectivity index (χ4v) is 2.40. The average Bonchev–Trinajstić information content (AvgIpc) is 2.52. The van der Waals surface area contributed by atoms with Crippen LogP contribution in [0.1, 0.15) is 15.9 Å². The van der Waals surface area contributed by atoms with Gasteiger partial charge in [0, 0.05) is 12.1 Å². The molecule has 0 saturated carbocycles. The highest BCUT2D eigenvalue weighted by Gasteiger charge is 2.30. The van der Waals surface area contributed by atoms with Gasteiger partial charge < -0.3 is 10.1 Å². The van der Waals surface area contributed by atoms with Crippen LogP contribution in [0, 0.1) is 0 Å². The zero-order valence-electron chi connectivity index (χ0n) is 12.6. The maximum atomic E-state index is 12.1. The zero-order chi connectivity index (χ0) is 18.7. The number of benzene rings is 2. The van der Waals surface area contributed by atoms with E-state index < -0.39 is 22.3 Å². The van der Waals surface area contributed by atoms with E-state index >= 15 is 0 Å². The summed E-state index contributed by atoms with van der Waals surface area (Å²) in [5, 5.41) is 7.52. The van der Waals surface area contributed by atoms with Crippen LogP contribution in [0.5, 0.6) is 5.75 Å². The van der Waals surface area contributed by atoms with Crippen molar-refractivity contribution in [2.75, 3.05) is 0 Å². The van der Waals surface area contributed by atoms with Crippen molar-refractivity contribution in [3.63, 3.8) is 0 Å². The summed E-state index contributed by atoms with van der Waals surface area (Å²) < 4.78 is 62.2. The summed E-state index contributed by atoms with van der Waals surface area (Å²) >= 11 is 0. The highest BCUT2D eigenvalue weighted by Crippen LogP contribution is 2.22. The molecule has 0 atom stereocenters. The van der Waals surface area contributed by atoms with E-state index in [1.54, 1.807) is 0 Å². The summed E-state index contributed by atoms with van der Waals surface area (Å²) in [4.78, 5) is 11.8. The minimum absolute atomic E-state index is 0.0715. The molecule has 0 saturated heterocycles. The number of hydrogen-bond acceptors (Lipinski definition) is 4. The van der Waals surface area contributed by atoms with Crippen molar-refractivity contribution < 1.29 is 31.1 Å². The number of alkyl halides is 3. The lowest BCUT2D eigenvalue weighted by atomic mass is 10.2. The second kappa shape index (κ2) is 7.11. The van der Waals surface area contributed by atoms with E-state index in [0.29, 0.717) is 5.56 Å². The summed E-state index contributed by atoms with van der Waals surface area (Å²) in [6.07, 6.45) is -4.76. The highest BCUT2D eigenvalue weighted by atomic mass is 32.2. The van der Waals surface area contributed by atoms with Gasteiger partial charge in [0.25, 0.3) is 5.91 Å². The molecule has 0 unspecified atom stereocenters. The Labute approximate surface area is 141 Å². The van der Waals surface area contributed by atoms with Gasteiger partial charge in [0.1, 0.15) is 5.75 Å². The molecule has 2 rings (SSSR count). The Balaban J connectivity index is 1.95. The van der Waals surface area contributed by atoms with Gasteiger partial charge in [-0.15, -0.1) is 13.2 Å².